The Kier molecular flexibility index (Phi) is 4.05. The van der Waals surface area contributed by atoms with Gasteiger partial charge in [-0.15, -0.1) is 0 Å². The first kappa shape index (κ1) is 15.6. The van der Waals surface area contributed by atoms with Crippen LogP contribution in [0.3, 0.4) is 0 Å². The maximum atomic E-state index is 12.8. The Hall–Kier alpha value is -2.96. The molecule has 1 saturated heterocycles. The van der Waals surface area contributed by atoms with Crippen molar-refractivity contribution in [2.45, 2.75) is 31.7 Å². The van der Waals surface area contributed by atoms with E-state index in [2.05, 4.69) is 15.1 Å². The standard InChI is InChI=1S/C18H19N5O2/c24-17(10-13-4-3-7-19-12-13)22-9-2-1-5-15(22)14-11-18(25)23-16(21-14)6-8-20-23/h3-4,6-8,11-12,15,20H,1-2,5,9-10H2/t15-/m0/s1. The van der Waals surface area contributed by atoms with E-state index in [0.29, 0.717) is 24.3 Å². The van der Waals surface area contributed by atoms with Crippen LogP contribution >= 0.6 is 0 Å². The van der Waals surface area contributed by atoms with E-state index in [9.17, 15) is 9.59 Å². The van der Waals surface area contributed by atoms with Crippen molar-refractivity contribution in [1.82, 2.24) is 24.5 Å². The number of carbonyl (C=O) groups is 1. The molecular formula is C18H19N5O2. The highest BCUT2D eigenvalue weighted by Gasteiger charge is 2.29. The number of aromatic nitrogens is 4. The highest BCUT2D eigenvalue weighted by Crippen LogP contribution is 2.30. The van der Waals surface area contributed by atoms with Crippen LogP contribution in [-0.2, 0) is 11.2 Å². The maximum absolute atomic E-state index is 12.8. The molecule has 0 bridgehead atoms. The molecule has 1 atom stereocenters. The summed E-state index contributed by atoms with van der Waals surface area (Å²) in [6.07, 6.45) is 8.23. The summed E-state index contributed by atoms with van der Waals surface area (Å²) >= 11 is 0. The summed E-state index contributed by atoms with van der Waals surface area (Å²) in [4.78, 5) is 35.6. The molecular weight excluding hydrogens is 318 g/mol. The van der Waals surface area contributed by atoms with Gasteiger partial charge in [-0.3, -0.25) is 19.7 Å². The number of nitrogens with one attached hydrogen (secondary N) is 1. The number of rotatable bonds is 3. The maximum Gasteiger partial charge on any atom is 0.272 e. The Morgan fingerprint density at radius 3 is 3.08 bits per heavy atom. The molecule has 25 heavy (non-hydrogen) atoms. The predicted molar refractivity (Wildman–Crippen MR) is 92.1 cm³/mol. The van der Waals surface area contributed by atoms with Crippen LogP contribution in [-0.4, -0.2) is 36.9 Å². The summed E-state index contributed by atoms with van der Waals surface area (Å²) in [7, 11) is 0. The van der Waals surface area contributed by atoms with Gasteiger partial charge in [0, 0.05) is 37.3 Å². The molecule has 3 aromatic rings. The van der Waals surface area contributed by atoms with Gasteiger partial charge >= 0.3 is 0 Å². The van der Waals surface area contributed by atoms with Gasteiger partial charge in [0.1, 0.15) is 0 Å². The molecule has 4 rings (SSSR count). The number of likely N-dealkylation sites (tertiary alicyclic amines) is 1. The largest absolute Gasteiger partial charge is 0.334 e. The van der Waals surface area contributed by atoms with E-state index in [1.807, 2.05) is 17.0 Å². The molecule has 1 aliphatic heterocycles. The van der Waals surface area contributed by atoms with E-state index in [-0.39, 0.29) is 17.5 Å². The first-order valence-corrected chi connectivity index (χ1v) is 8.48. The van der Waals surface area contributed by atoms with E-state index < -0.39 is 0 Å². The van der Waals surface area contributed by atoms with Crippen molar-refractivity contribution in [3.63, 3.8) is 0 Å². The average molecular weight is 337 g/mol. The molecule has 4 heterocycles. The minimum atomic E-state index is -0.157. The van der Waals surface area contributed by atoms with Crippen molar-refractivity contribution < 1.29 is 4.79 Å². The Morgan fingerprint density at radius 1 is 1.32 bits per heavy atom. The molecule has 1 amide bonds. The summed E-state index contributed by atoms with van der Waals surface area (Å²) < 4.78 is 1.40. The Labute approximate surface area is 144 Å². The highest BCUT2D eigenvalue weighted by atomic mass is 16.2. The van der Waals surface area contributed by atoms with E-state index >= 15 is 0 Å². The topological polar surface area (TPSA) is 83.4 Å². The lowest BCUT2D eigenvalue weighted by Crippen LogP contribution is -2.40. The second-order valence-electron chi connectivity index (χ2n) is 6.31. The summed E-state index contributed by atoms with van der Waals surface area (Å²) in [5.41, 5.74) is 1.98. The summed E-state index contributed by atoms with van der Waals surface area (Å²) in [6.45, 7) is 0.692. The number of pyridine rings is 1. The van der Waals surface area contributed by atoms with Gasteiger partial charge in [0.25, 0.3) is 5.56 Å². The molecule has 0 aliphatic carbocycles. The normalized spacial score (nSPS) is 17.8. The molecule has 0 radical (unpaired) electrons. The van der Waals surface area contributed by atoms with Crippen molar-refractivity contribution in [2.75, 3.05) is 6.54 Å². The number of carbonyl (C=O) groups excluding carboxylic acids is 1. The van der Waals surface area contributed by atoms with Crippen LogP contribution in [0.1, 0.15) is 36.6 Å². The molecule has 0 spiro atoms. The van der Waals surface area contributed by atoms with Gasteiger partial charge in [-0.1, -0.05) is 6.07 Å². The number of nitrogens with zero attached hydrogens (tertiary/aromatic N) is 4. The Bertz CT molecular complexity index is 947. The van der Waals surface area contributed by atoms with E-state index in [1.165, 1.54) is 10.6 Å². The molecule has 1 aliphatic rings. The predicted octanol–water partition coefficient (Wildman–Crippen LogP) is 1.71. The zero-order chi connectivity index (χ0) is 17.2. The van der Waals surface area contributed by atoms with Crippen molar-refractivity contribution in [3.8, 4) is 0 Å². The fraction of sp³-hybridized carbons (Fsp3) is 0.333. The zero-order valence-corrected chi connectivity index (χ0v) is 13.8. The lowest BCUT2D eigenvalue weighted by Gasteiger charge is -2.35. The Morgan fingerprint density at radius 2 is 2.24 bits per heavy atom. The van der Waals surface area contributed by atoms with Gasteiger partial charge in [0.05, 0.1) is 18.2 Å². The number of aromatic amines is 1. The van der Waals surface area contributed by atoms with Gasteiger partial charge in [-0.25, -0.2) is 9.50 Å². The van der Waals surface area contributed by atoms with E-state index in [1.54, 1.807) is 24.7 Å². The van der Waals surface area contributed by atoms with Crippen LogP contribution in [0.15, 0.2) is 47.7 Å². The molecule has 1 N–H and O–H groups in total. The molecule has 1 fully saturated rings. The third-order valence-corrected chi connectivity index (χ3v) is 4.64. The van der Waals surface area contributed by atoms with Gasteiger partial charge in [0.2, 0.25) is 5.91 Å². The van der Waals surface area contributed by atoms with Gasteiger partial charge in [-0.05, 0) is 30.9 Å². The number of amides is 1. The Balaban J connectivity index is 1.63. The van der Waals surface area contributed by atoms with Crippen LogP contribution in [0.4, 0.5) is 0 Å². The van der Waals surface area contributed by atoms with Crippen molar-refractivity contribution in [2.24, 2.45) is 0 Å². The number of piperidine rings is 1. The first-order valence-electron chi connectivity index (χ1n) is 8.48. The third kappa shape index (κ3) is 3.05. The van der Waals surface area contributed by atoms with Crippen LogP contribution in [0.2, 0.25) is 0 Å². The average Bonchev–Trinajstić information content (AvgIpc) is 3.12. The van der Waals surface area contributed by atoms with E-state index in [4.69, 9.17) is 0 Å². The van der Waals surface area contributed by atoms with Gasteiger partial charge in [-0.2, -0.15) is 0 Å². The lowest BCUT2D eigenvalue weighted by atomic mass is 9.98. The second-order valence-corrected chi connectivity index (χ2v) is 6.31. The van der Waals surface area contributed by atoms with Crippen LogP contribution in [0.5, 0.6) is 0 Å². The molecule has 7 nitrogen and oxygen atoms in total. The summed E-state index contributed by atoms with van der Waals surface area (Å²) in [5.74, 6) is 0.0498. The van der Waals surface area contributed by atoms with Crippen molar-refractivity contribution in [1.29, 1.82) is 0 Å². The summed E-state index contributed by atoms with van der Waals surface area (Å²) in [5, 5.41) is 2.84. The van der Waals surface area contributed by atoms with Gasteiger partial charge < -0.3 is 4.90 Å². The first-order chi connectivity index (χ1) is 12.2. The monoisotopic (exact) mass is 337 g/mol. The molecule has 128 valence electrons. The quantitative estimate of drug-likeness (QED) is 0.789. The van der Waals surface area contributed by atoms with Crippen molar-refractivity contribution >= 4 is 11.6 Å². The zero-order valence-electron chi connectivity index (χ0n) is 13.8. The lowest BCUT2D eigenvalue weighted by molar-refractivity contribution is -0.134. The smallest absolute Gasteiger partial charge is 0.272 e. The van der Waals surface area contributed by atoms with Crippen LogP contribution in [0.25, 0.3) is 5.65 Å². The highest BCUT2D eigenvalue weighted by molar-refractivity contribution is 5.79. The fourth-order valence-electron chi connectivity index (χ4n) is 3.43. The number of hydrogen-bond acceptors (Lipinski definition) is 4. The number of fused-ring (bicyclic) bond motifs is 1. The second kappa shape index (κ2) is 6.51. The third-order valence-electron chi connectivity index (χ3n) is 4.64. The fourth-order valence-corrected chi connectivity index (χ4v) is 3.43. The molecule has 0 unspecified atom stereocenters. The van der Waals surface area contributed by atoms with Gasteiger partial charge in [0.15, 0.2) is 5.65 Å². The molecule has 0 saturated carbocycles. The number of H-pyrrole nitrogens is 1. The molecule has 7 heteroatoms. The number of hydrogen-bond donors (Lipinski definition) is 1. The SMILES string of the molecule is O=C(Cc1cccnc1)N1CCCC[C@H]1c1cc(=O)n2[nH]ccc2n1. The minimum Gasteiger partial charge on any atom is -0.334 e. The molecule has 3 aromatic heterocycles. The molecule has 0 aromatic carbocycles. The van der Waals surface area contributed by atoms with Crippen LogP contribution < -0.4 is 5.56 Å². The van der Waals surface area contributed by atoms with Crippen molar-refractivity contribution in [3.05, 3.63) is 64.5 Å². The summed E-state index contributed by atoms with van der Waals surface area (Å²) in [6, 6.07) is 6.88. The minimum absolute atomic E-state index is 0.0498. The van der Waals surface area contributed by atoms with E-state index in [0.717, 1.165) is 24.8 Å². The van der Waals surface area contributed by atoms with Crippen LogP contribution in [0, 0.1) is 0 Å².